The van der Waals surface area contributed by atoms with Gasteiger partial charge in [0, 0.05) is 40.7 Å². The minimum Gasteiger partial charge on any atom is -0.481 e. The van der Waals surface area contributed by atoms with Gasteiger partial charge in [0.1, 0.15) is 29.7 Å². The van der Waals surface area contributed by atoms with Crippen LogP contribution in [-0.2, 0) is 36.9 Å². The van der Waals surface area contributed by atoms with Crippen LogP contribution in [0.25, 0.3) is 50.4 Å². The first-order valence-corrected chi connectivity index (χ1v) is 45.9. The van der Waals surface area contributed by atoms with Crippen molar-refractivity contribution in [1.29, 1.82) is 5.41 Å². The number of halogens is 1. The molecule has 11 unspecified atom stereocenters. The molecule has 9 N–H and O–H groups in total. The van der Waals surface area contributed by atoms with Crippen molar-refractivity contribution in [3.63, 3.8) is 0 Å². The van der Waals surface area contributed by atoms with Gasteiger partial charge < -0.3 is 19.4 Å². The van der Waals surface area contributed by atoms with E-state index in [0.29, 0.717) is 54.2 Å². The number of benzene rings is 5. The van der Waals surface area contributed by atoms with Gasteiger partial charge in [0.25, 0.3) is 11.9 Å². The van der Waals surface area contributed by atoms with Crippen LogP contribution in [0.5, 0.6) is 0 Å². The highest BCUT2D eigenvalue weighted by atomic mass is 79.9. The smallest absolute Gasteiger partial charge is 0.315 e. The largest absolute Gasteiger partial charge is 0.481 e. The molecule has 123 heavy (non-hydrogen) atoms. The molecule has 4 aliphatic carbocycles. The molecule has 4 aromatic heterocycles. The Morgan fingerprint density at radius 2 is 0.854 bits per heavy atom. The molecule has 4 aliphatic rings. The van der Waals surface area contributed by atoms with Crippen LogP contribution >= 0.6 is 15.9 Å². The first-order valence-electron chi connectivity index (χ1n) is 45.0. The highest BCUT2D eigenvalue weighted by Gasteiger charge is 2.40. The van der Waals surface area contributed by atoms with Crippen LogP contribution in [0.15, 0.2) is 121 Å². The standard InChI is InChI=1S/C24H34N4O2.C20H28BrN3.C20H29N3.C11H13N3.C9H18O.C8H10N2O.C7H13NO3/c1-15-7-9-19(10-8-15)23-26-24(28-27-23)21(22(25-5)14-30-29-6)13-20-17(3)11-16(2)12-18(20)4;1-12-5-7-16(8-6-12)19-22-20(24-23-19)18(21)11-17-14(3)9-13(2)10-15(17)4;1-13-5-7-17(8-6-13)20-21-19(22-23-20)10-9-18-15(3)11-14(2)12-16(18)4;1-3-10-12-11(14-13-10)9-6-4-8(2)5-7-9;1-6-4-7(2)9(10)8(3)5-6;1-6-2-4-7(5-3-6)8(11)10-9;1-3-10-6(8)5-7(9)11-4-2/h7-10,16-18,20-22H,11-14H2,1-4,6H3,(H,26,27,28);5-8,13-15,17-18H,9-11H2,1-4H3,(H,22,23,24);5-8,14-16,18H,9-12H2,1-4H3,(H,21,22,23);4-7H,3H2,1-2H3,(H,12,13,14);6-10H,4-5H2,1-3H3;2-5H,9H2,1H3,(H,10,11);8H,3-5H2,1-2H3. The number of amides is 1. The number of aromatic nitrogens is 12. The van der Waals surface area contributed by atoms with Crippen molar-refractivity contribution in [2.24, 2.45) is 94.6 Å². The molecule has 9 aromatic rings. The van der Waals surface area contributed by atoms with Crippen molar-refractivity contribution in [3.8, 4) is 45.6 Å². The monoisotopic (exact) mass is 1750 g/mol. The number of carbonyl (C=O) groups is 2. The molecule has 1 amide bonds. The minimum absolute atomic E-state index is 0.0362. The van der Waals surface area contributed by atoms with Crippen LogP contribution in [-0.4, -0.2) is 123 Å². The highest BCUT2D eigenvalue weighted by molar-refractivity contribution is 9.09. The molecule has 670 valence electrons. The first kappa shape index (κ1) is 101. The number of nitrogens with zero attached hydrogens (tertiary/aromatic N) is 9. The number of nitrogens with two attached hydrogens (primary N) is 1. The zero-order valence-corrected chi connectivity index (χ0v) is 79.0. The van der Waals surface area contributed by atoms with Crippen LogP contribution in [0.3, 0.4) is 0 Å². The topological polar surface area (TPSA) is 324 Å². The maximum Gasteiger partial charge on any atom is 0.315 e. The van der Waals surface area contributed by atoms with E-state index in [2.05, 4.69) is 267 Å². The lowest BCUT2D eigenvalue weighted by Gasteiger charge is -2.39. The maximum atomic E-state index is 10.9. The molecule has 4 saturated carbocycles. The number of nitrogen functional groups attached to an aromatic ring is 1. The Morgan fingerprint density at radius 3 is 1.24 bits per heavy atom. The van der Waals surface area contributed by atoms with Gasteiger partial charge in [-0.1, -0.05) is 243 Å². The van der Waals surface area contributed by atoms with Gasteiger partial charge in [0.15, 0.2) is 35.8 Å². The fraction of sp³-hybridized carbons (Fsp3) is 0.576. The molecule has 13 rings (SSSR count). The van der Waals surface area contributed by atoms with E-state index in [1.54, 1.807) is 26.0 Å². The summed E-state index contributed by atoms with van der Waals surface area (Å²) in [6.45, 7) is 52.7. The highest BCUT2D eigenvalue weighted by Crippen LogP contribution is 2.46. The Morgan fingerprint density at radius 1 is 0.504 bits per heavy atom. The number of hydrogen-bond donors (Lipinski definition) is 8. The van der Waals surface area contributed by atoms with Crippen LogP contribution in [0.1, 0.15) is 253 Å². The van der Waals surface area contributed by atoms with E-state index >= 15 is 0 Å². The maximum absolute atomic E-state index is 10.9. The second kappa shape index (κ2) is 51.3. The van der Waals surface area contributed by atoms with Crippen molar-refractivity contribution in [1.82, 2.24) is 66.2 Å². The molecule has 0 saturated heterocycles. The summed E-state index contributed by atoms with van der Waals surface area (Å²) in [5.41, 5.74) is 12.9. The summed E-state index contributed by atoms with van der Waals surface area (Å²) < 4.78 is 9.34. The molecule has 0 aliphatic heterocycles. The van der Waals surface area contributed by atoms with Gasteiger partial charge in [-0.05, 0) is 220 Å². The van der Waals surface area contributed by atoms with Gasteiger partial charge in [-0.3, -0.25) is 40.8 Å². The predicted octanol–water partition coefficient (Wildman–Crippen LogP) is 22.3. The number of hydrogen-bond acceptors (Lipinski definition) is 17. The first-order chi connectivity index (χ1) is 58.7. The summed E-state index contributed by atoms with van der Waals surface area (Å²) in [7, 11) is 1.48. The van der Waals surface area contributed by atoms with Crippen molar-refractivity contribution in [2.45, 2.75) is 251 Å². The quantitative estimate of drug-likeness (QED) is 0.00339. The zero-order valence-electron chi connectivity index (χ0n) is 77.4. The molecular formula is C99H145BrN16O7. The average Bonchev–Trinajstić information content (AvgIpc) is 1.75. The third-order valence-corrected chi connectivity index (χ3v) is 25.9. The van der Waals surface area contributed by atoms with Crippen molar-refractivity contribution < 1.29 is 33.9 Å². The number of alkyl halides is 1. The predicted molar refractivity (Wildman–Crippen MR) is 498 cm³/mol. The van der Waals surface area contributed by atoms with Gasteiger partial charge in [0.2, 0.25) is 0 Å². The van der Waals surface area contributed by atoms with Crippen molar-refractivity contribution >= 4 is 33.7 Å². The number of aromatic amines is 4. The third-order valence-electron chi connectivity index (χ3n) is 25.1. The Kier molecular flexibility index (Phi) is 42.2. The van der Waals surface area contributed by atoms with Crippen molar-refractivity contribution in [3.05, 3.63) is 189 Å². The molecular weight excluding hydrogens is 1610 g/mol. The Labute approximate surface area is 742 Å². The van der Waals surface area contributed by atoms with Gasteiger partial charge >= 0.3 is 5.97 Å². The average molecular weight is 1750 g/mol. The van der Waals surface area contributed by atoms with Gasteiger partial charge in [-0.2, -0.15) is 20.4 Å². The van der Waals surface area contributed by atoms with E-state index in [-0.39, 0.29) is 47.7 Å². The summed E-state index contributed by atoms with van der Waals surface area (Å²) in [5, 5.41) is 46.4. The zero-order chi connectivity index (χ0) is 90.0. The summed E-state index contributed by atoms with van der Waals surface area (Å²) in [5.74, 6) is 21.8. The normalized spacial score (nSPS) is 24.0. The lowest BCUT2D eigenvalue weighted by molar-refractivity contribution is -0.274. The SMILES string of the molecule is CC1CC(C)C(O)C(C)C1.CCOC(=N)CC(=O)OCC.CCc1nc(-c2ccc(C)cc2)n[nH]1.Cc1ccc(-c2n[nH]c(C(Br)CC3C(C)CC(C)CC3C)n2)cc1.Cc1ccc(-c2n[nH]c(CCC3C(C)CC(C)CC3C)n2)cc1.Cc1ccc(C(=O)NN)cc1.[C-]#[N+]C(COOC)C(CC1C(C)CC(C)CC1C)c1nc(-c2ccc(C)cc2)n[nH]1. The second-order valence-corrected chi connectivity index (χ2v) is 37.2. The summed E-state index contributed by atoms with van der Waals surface area (Å²) in [6.07, 6.45) is 15.3. The molecule has 0 bridgehead atoms. The fourth-order valence-electron chi connectivity index (χ4n) is 18.7. The molecule has 4 fully saturated rings. The van der Waals surface area contributed by atoms with Crippen LogP contribution in [0.4, 0.5) is 0 Å². The number of H-pyrrole nitrogens is 4. The molecule has 5 aromatic carbocycles. The Hall–Kier alpha value is -9.12. The molecule has 0 radical (unpaired) electrons. The number of carbonyl (C=O) groups excluding carboxylic acids is 2. The lowest BCUT2D eigenvalue weighted by Crippen LogP contribution is -2.33. The fourth-order valence-corrected chi connectivity index (χ4v) is 19.3. The minimum atomic E-state index is -0.411. The van der Waals surface area contributed by atoms with E-state index < -0.39 is 5.97 Å². The molecule has 11 atom stereocenters. The summed E-state index contributed by atoms with van der Waals surface area (Å²) >= 11 is 3.86. The van der Waals surface area contributed by atoms with Gasteiger partial charge in [-0.15, -0.1) is 0 Å². The number of esters is 1. The van der Waals surface area contributed by atoms with Crippen LogP contribution in [0, 0.1) is 135 Å². The van der Waals surface area contributed by atoms with E-state index in [4.69, 9.17) is 47.3 Å². The number of hydrazine groups is 1. The number of rotatable bonds is 23. The molecule has 4 heterocycles. The number of nitrogens with one attached hydrogen (secondary N) is 6. The van der Waals surface area contributed by atoms with Crippen LogP contribution in [0.2, 0.25) is 0 Å². The number of aliphatic hydroxyl groups excluding tert-OH is 1. The number of aryl methyl sites for hydroxylation is 7. The van der Waals surface area contributed by atoms with E-state index in [1.165, 1.54) is 87.2 Å². The summed E-state index contributed by atoms with van der Waals surface area (Å²) in [6, 6.07) is 40.0. The Bertz CT molecular complexity index is 4520. The number of ether oxygens (including phenoxy) is 2. The molecule has 0 spiro atoms. The third kappa shape index (κ3) is 32.7. The van der Waals surface area contributed by atoms with E-state index in [0.717, 1.165) is 153 Å². The van der Waals surface area contributed by atoms with Gasteiger partial charge in [-0.25, -0.2) is 42.1 Å². The van der Waals surface area contributed by atoms with E-state index in [1.807, 2.05) is 43.3 Å². The second-order valence-electron chi connectivity index (χ2n) is 36.1. The Balaban J connectivity index is 0.000000205. The lowest BCUT2D eigenvalue weighted by atomic mass is 9.66. The summed E-state index contributed by atoms with van der Waals surface area (Å²) in [4.78, 5) is 54.3. The molecule has 24 heteroatoms. The van der Waals surface area contributed by atoms with Crippen molar-refractivity contribution in [2.75, 3.05) is 26.9 Å². The van der Waals surface area contributed by atoms with E-state index in [9.17, 15) is 14.7 Å². The van der Waals surface area contributed by atoms with Crippen LogP contribution < -0.4 is 11.3 Å². The number of aliphatic hydroxyl groups is 1. The van der Waals surface area contributed by atoms with Gasteiger partial charge in [0.05, 0.1) is 37.2 Å². The molecule has 23 nitrogen and oxygen atoms in total.